The van der Waals surface area contributed by atoms with Crippen LogP contribution in [-0.2, 0) is 14.8 Å². The average molecular weight is 328 g/mol. The van der Waals surface area contributed by atoms with Crippen molar-refractivity contribution in [2.45, 2.75) is 11.0 Å². The molecule has 0 aliphatic rings. The van der Waals surface area contributed by atoms with Gasteiger partial charge in [0.15, 0.2) is 5.96 Å². The predicted molar refractivity (Wildman–Crippen MR) is 79.6 cm³/mol. The maximum absolute atomic E-state index is 12.3. The van der Waals surface area contributed by atoms with Crippen molar-refractivity contribution in [1.29, 1.82) is 5.41 Å². The van der Waals surface area contributed by atoms with Crippen LogP contribution >= 0.6 is 0 Å². The number of carboxylic acids is 1. The number of carboxylic acid groups (broad SMARTS) is 1. The lowest BCUT2D eigenvalue weighted by molar-refractivity contribution is -0.148. The second kappa shape index (κ2) is 6.45. The van der Waals surface area contributed by atoms with E-state index in [2.05, 4.69) is 6.58 Å². The Hall–Kier alpha value is -2.59. The number of hydrogen-bond acceptors (Lipinski definition) is 6. The highest BCUT2D eigenvalue weighted by Gasteiger charge is 2.58. The minimum absolute atomic E-state index is 0.0453. The molecule has 0 aliphatic carbocycles. The fraction of sp³-hybridized carbons (Fsp3) is 0.167. The molecule has 1 aromatic carbocycles. The van der Waals surface area contributed by atoms with Gasteiger partial charge in [-0.2, -0.15) is 0 Å². The molecule has 1 rings (SSSR count). The van der Waals surface area contributed by atoms with E-state index >= 15 is 0 Å². The van der Waals surface area contributed by atoms with E-state index in [1.165, 1.54) is 24.3 Å². The third kappa shape index (κ3) is 3.18. The third-order valence-corrected chi connectivity index (χ3v) is 4.46. The van der Waals surface area contributed by atoms with Crippen molar-refractivity contribution in [3.8, 4) is 5.75 Å². The fourth-order valence-electron chi connectivity index (χ4n) is 1.64. The van der Waals surface area contributed by atoms with Gasteiger partial charge in [0.05, 0.1) is 6.04 Å². The lowest BCUT2D eigenvalue weighted by Gasteiger charge is -2.32. The summed E-state index contributed by atoms with van der Waals surface area (Å²) in [5.74, 6) is -2.90. The van der Waals surface area contributed by atoms with Gasteiger partial charge in [0.25, 0.3) is 10.0 Å². The second-order valence-corrected chi connectivity index (χ2v) is 5.99. The van der Waals surface area contributed by atoms with Gasteiger partial charge in [0.1, 0.15) is 5.75 Å². The zero-order chi connectivity index (χ0) is 17.0. The molecule has 0 heterocycles. The van der Waals surface area contributed by atoms with Crippen molar-refractivity contribution >= 4 is 22.0 Å². The van der Waals surface area contributed by atoms with Gasteiger partial charge in [0.2, 0.25) is 0 Å². The number of guanidine groups is 1. The summed E-state index contributed by atoms with van der Waals surface area (Å²) in [6.45, 7) is 3.30. The SMILES string of the molecule is C=CC(N)C(Oc1ccccc1)(C(=O)O)S(=O)(=O)NC(=N)N. The monoisotopic (exact) mass is 328 g/mol. The fourth-order valence-corrected chi connectivity index (χ4v) is 2.97. The highest BCUT2D eigenvalue weighted by atomic mass is 32.2. The summed E-state index contributed by atoms with van der Waals surface area (Å²) in [4.78, 5) is 8.73. The Morgan fingerprint density at radius 2 is 2.00 bits per heavy atom. The number of rotatable bonds is 7. The van der Waals surface area contributed by atoms with E-state index in [4.69, 9.17) is 21.6 Å². The van der Waals surface area contributed by atoms with Gasteiger partial charge in [-0.25, -0.2) is 17.9 Å². The van der Waals surface area contributed by atoms with Gasteiger partial charge in [-0.1, -0.05) is 24.3 Å². The van der Waals surface area contributed by atoms with Crippen molar-refractivity contribution in [1.82, 2.24) is 4.72 Å². The van der Waals surface area contributed by atoms with Gasteiger partial charge in [-0.3, -0.25) is 5.41 Å². The summed E-state index contributed by atoms with van der Waals surface area (Å²) in [6.07, 6.45) is 0.913. The molecule has 22 heavy (non-hydrogen) atoms. The van der Waals surface area contributed by atoms with Gasteiger partial charge in [0, 0.05) is 0 Å². The zero-order valence-corrected chi connectivity index (χ0v) is 12.2. The van der Waals surface area contributed by atoms with Crippen LogP contribution in [0, 0.1) is 5.41 Å². The second-order valence-electron chi connectivity index (χ2n) is 4.17. The molecule has 0 saturated carbocycles. The van der Waals surface area contributed by atoms with Crippen LogP contribution < -0.4 is 20.9 Å². The van der Waals surface area contributed by atoms with Crippen LogP contribution in [0.25, 0.3) is 0 Å². The number of ether oxygens (including phenoxy) is 1. The van der Waals surface area contributed by atoms with E-state index in [9.17, 15) is 18.3 Å². The van der Waals surface area contributed by atoms with Crippen LogP contribution in [0.3, 0.4) is 0 Å². The number of sulfonamides is 1. The number of carbonyl (C=O) groups is 1. The van der Waals surface area contributed by atoms with Crippen LogP contribution in [0.5, 0.6) is 5.75 Å². The third-order valence-electron chi connectivity index (χ3n) is 2.65. The van der Waals surface area contributed by atoms with E-state index in [-0.39, 0.29) is 5.75 Å². The largest absolute Gasteiger partial charge is 0.477 e. The van der Waals surface area contributed by atoms with Crippen molar-refractivity contribution in [3.05, 3.63) is 43.0 Å². The zero-order valence-electron chi connectivity index (χ0n) is 11.4. The molecular formula is C12H16N4O5S. The quantitative estimate of drug-likeness (QED) is 0.247. The smallest absolute Gasteiger partial charge is 0.368 e. The highest BCUT2D eigenvalue weighted by Crippen LogP contribution is 2.27. The number of benzene rings is 1. The van der Waals surface area contributed by atoms with Gasteiger partial charge in [-0.05, 0) is 12.1 Å². The van der Waals surface area contributed by atoms with Crippen molar-refractivity contribution in [2.24, 2.45) is 11.5 Å². The molecule has 0 aromatic heterocycles. The highest BCUT2D eigenvalue weighted by molar-refractivity contribution is 7.92. The van der Waals surface area contributed by atoms with Crippen LogP contribution in [0.4, 0.5) is 0 Å². The van der Waals surface area contributed by atoms with E-state index in [0.29, 0.717) is 0 Å². The summed E-state index contributed by atoms with van der Waals surface area (Å²) in [5.41, 5.74) is 10.6. The van der Waals surface area contributed by atoms with Crippen LogP contribution in [-0.4, -0.2) is 36.4 Å². The maximum atomic E-state index is 12.3. The molecule has 1 aromatic rings. The minimum Gasteiger partial charge on any atom is -0.477 e. The lowest BCUT2D eigenvalue weighted by atomic mass is 10.1. The summed E-state index contributed by atoms with van der Waals surface area (Å²) in [5, 5.41) is 16.5. The average Bonchev–Trinajstić information content (AvgIpc) is 2.43. The molecule has 120 valence electrons. The normalized spacial score (nSPS) is 15.1. The first-order chi connectivity index (χ1) is 10.2. The van der Waals surface area contributed by atoms with Gasteiger partial charge in [-0.15, -0.1) is 6.58 Å². The molecule has 0 saturated heterocycles. The Kier molecular flexibility index (Phi) is 5.12. The Bertz CT molecular complexity index is 676. The number of nitrogens with one attached hydrogen (secondary N) is 2. The Labute approximate surface area is 127 Å². The summed E-state index contributed by atoms with van der Waals surface area (Å²) < 4.78 is 31.4. The summed E-state index contributed by atoms with van der Waals surface area (Å²) in [7, 11) is -4.81. The molecule has 0 amide bonds. The van der Waals surface area contributed by atoms with Gasteiger partial charge < -0.3 is 21.3 Å². The van der Waals surface area contributed by atoms with E-state index in [1.54, 1.807) is 10.8 Å². The van der Waals surface area contributed by atoms with E-state index < -0.39 is 32.9 Å². The molecule has 9 nitrogen and oxygen atoms in total. The summed E-state index contributed by atoms with van der Waals surface area (Å²) >= 11 is 0. The molecule has 0 aliphatic heterocycles. The van der Waals surface area contributed by atoms with Crippen molar-refractivity contribution in [3.63, 3.8) is 0 Å². The molecule has 7 N–H and O–H groups in total. The van der Waals surface area contributed by atoms with Gasteiger partial charge >= 0.3 is 10.9 Å². The van der Waals surface area contributed by atoms with Crippen LogP contribution in [0.1, 0.15) is 0 Å². The first-order valence-corrected chi connectivity index (χ1v) is 7.37. The van der Waals surface area contributed by atoms with E-state index in [0.717, 1.165) is 6.08 Å². The first kappa shape index (κ1) is 17.5. The molecule has 0 radical (unpaired) electrons. The Morgan fingerprint density at radius 1 is 1.45 bits per heavy atom. The first-order valence-electron chi connectivity index (χ1n) is 5.89. The van der Waals surface area contributed by atoms with Crippen LogP contribution in [0.2, 0.25) is 0 Å². The molecular weight excluding hydrogens is 312 g/mol. The number of aliphatic carboxylic acids is 1. The van der Waals surface area contributed by atoms with Crippen molar-refractivity contribution in [2.75, 3.05) is 0 Å². The topological polar surface area (TPSA) is 169 Å². The minimum atomic E-state index is -4.81. The number of nitrogens with two attached hydrogens (primary N) is 2. The van der Waals surface area contributed by atoms with E-state index in [1.807, 2.05) is 0 Å². The van der Waals surface area contributed by atoms with Crippen LogP contribution in [0.15, 0.2) is 43.0 Å². The maximum Gasteiger partial charge on any atom is 0.368 e. The molecule has 2 atom stereocenters. The predicted octanol–water partition coefficient (Wildman–Crippen LogP) is -0.828. The molecule has 0 bridgehead atoms. The van der Waals surface area contributed by atoms with Crippen molar-refractivity contribution < 1.29 is 23.1 Å². The molecule has 2 unspecified atom stereocenters. The standard InChI is InChI=1S/C12H16N4O5S/c1-2-9(13)12(10(17)18,22(19,20)16-11(14)15)21-8-6-4-3-5-7-8/h2-7,9H,1,13H2,(H,17,18)(H4,14,15,16). The Morgan fingerprint density at radius 3 is 2.41 bits per heavy atom. The lowest BCUT2D eigenvalue weighted by Crippen LogP contribution is -2.66. The number of para-hydroxylation sites is 1. The number of hydrogen-bond donors (Lipinski definition) is 5. The Balaban J connectivity index is 3.51. The summed E-state index contributed by atoms with van der Waals surface area (Å²) in [6, 6.07) is 5.75. The molecule has 10 heteroatoms. The molecule has 0 spiro atoms. The molecule has 0 fully saturated rings.